The quantitative estimate of drug-likeness (QED) is 0.475. The number of guanidine groups is 1. The summed E-state index contributed by atoms with van der Waals surface area (Å²) in [6.07, 6.45) is 5.09. The van der Waals surface area contributed by atoms with Gasteiger partial charge in [0.1, 0.15) is 5.71 Å². The number of hydrogen-bond acceptors (Lipinski definition) is 4. The van der Waals surface area contributed by atoms with E-state index in [-0.39, 0.29) is 11.7 Å². The van der Waals surface area contributed by atoms with Crippen LogP contribution in [0.25, 0.3) is 0 Å². The molecule has 0 aromatic heterocycles. The molecule has 54 valence electrons. The van der Waals surface area contributed by atoms with Crippen molar-refractivity contribution >= 4 is 11.7 Å². The number of rotatable bonds is 0. The fourth-order valence-electron chi connectivity index (χ4n) is 0.781. The Morgan fingerprint density at radius 3 is 2.73 bits per heavy atom. The van der Waals surface area contributed by atoms with Gasteiger partial charge in [0.2, 0.25) is 5.96 Å². The van der Waals surface area contributed by atoms with Crippen molar-refractivity contribution < 1.29 is 0 Å². The molecule has 0 saturated heterocycles. The van der Waals surface area contributed by atoms with Gasteiger partial charge >= 0.3 is 0 Å². The molecule has 1 rings (SSSR count). The Kier molecular flexibility index (Phi) is 1.40. The molecule has 1 unspecified atom stereocenters. The van der Waals surface area contributed by atoms with Crippen LogP contribution in [0.4, 0.5) is 0 Å². The van der Waals surface area contributed by atoms with E-state index in [1.165, 1.54) is 0 Å². The minimum atomic E-state index is -1.04. The molecule has 0 saturated carbocycles. The van der Waals surface area contributed by atoms with Crippen LogP contribution in [-0.4, -0.2) is 17.2 Å². The molecule has 11 heavy (non-hydrogen) atoms. The molecule has 0 radical (unpaired) electrons. The topological polar surface area (TPSA) is 74.5 Å². The van der Waals surface area contributed by atoms with Gasteiger partial charge in [0.05, 0.1) is 6.07 Å². The molecule has 0 aromatic carbocycles. The van der Waals surface area contributed by atoms with Crippen LogP contribution in [-0.2, 0) is 0 Å². The minimum absolute atomic E-state index is 0.0713. The number of nitriles is 1. The first kappa shape index (κ1) is 7.30. The molecule has 2 N–H and O–H groups in total. The molecule has 1 heterocycles. The van der Waals surface area contributed by atoms with Crippen LogP contribution >= 0.6 is 0 Å². The lowest BCUT2D eigenvalue weighted by Gasteiger charge is -2.07. The molecule has 0 bridgehead atoms. The Morgan fingerprint density at radius 1 is 1.73 bits per heavy atom. The standard InChI is InChI=1S/C7H6N4/c1-3-5-7(2,4-8)11-6(9)10-5/h1H,2H3,(H2,9,11). The average molecular weight is 146 g/mol. The minimum Gasteiger partial charge on any atom is -0.368 e. The lowest BCUT2D eigenvalue weighted by Crippen LogP contribution is -2.27. The van der Waals surface area contributed by atoms with Crippen LogP contribution in [0.1, 0.15) is 6.92 Å². The van der Waals surface area contributed by atoms with Crippen molar-refractivity contribution in [2.24, 2.45) is 15.7 Å². The summed E-state index contributed by atoms with van der Waals surface area (Å²) in [4.78, 5) is 7.50. The smallest absolute Gasteiger partial charge is 0.218 e. The molecule has 0 aliphatic carbocycles. The highest BCUT2D eigenvalue weighted by molar-refractivity contribution is 6.17. The van der Waals surface area contributed by atoms with E-state index < -0.39 is 5.54 Å². The van der Waals surface area contributed by atoms with Gasteiger partial charge in [0, 0.05) is 0 Å². The van der Waals surface area contributed by atoms with E-state index in [1.54, 1.807) is 6.92 Å². The van der Waals surface area contributed by atoms with Gasteiger partial charge in [-0.15, -0.1) is 6.42 Å². The van der Waals surface area contributed by atoms with Gasteiger partial charge in [-0.3, -0.25) is 0 Å². The third-order valence-corrected chi connectivity index (χ3v) is 1.38. The third kappa shape index (κ3) is 0.948. The zero-order valence-electron chi connectivity index (χ0n) is 6.00. The Hall–Kier alpha value is -1.81. The maximum absolute atomic E-state index is 8.66. The molecule has 1 aliphatic heterocycles. The summed E-state index contributed by atoms with van der Waals surface area (Å²) in [5.74, 6) is 2.34. The average Bonchev–Trinajstić information content (AvgIpc) is 2.27. The zero-order valence-corrected chi connectivity index (χ0v) is 6.00. The van der Waals surface area contributed by atoms with Crippen molar-refractivity contribution in [3.05, 3.63) is 0 Å². The molecule has 0 aromatic rings. The maximum Gasteiger partial charge on any atom is 0.218 e. The normalized spacial score (nSPS) is 28.3. The highest BCUT2D eigenvalue weighted by Crippen LogP contribution is 2.16. The summed E-state index contributed by atoms with van der Waals surface area (Å²) in [5.41, 5.74) is 4.50. The summed E-state index contributed by atoms with van der Waals surface area (Å²) in [5, 5.41) is 8.66. The Balaban J connectivity index is 3.16. The summed E-state index contributed by atoms with van der Waals surface area (Å²) >= 11 is 0. The number of hydrogen-bond donors (Lipinski definition) is 1. The van der Waals surface area contributed by atoms with Crippen molar-refractivity contribution in [3.8, 4) is 18.4 Å². The number of terminal acetylenes is 1. The summed E-state index contributed by atoms with van der Waals surface area (Å²) in [6, 6.07) is 1.93. The van der Waals surface area contributed by atoms with E-state index in [0.29, 0.717) is 0 Å². The summed E-state index contributed by atoms with van der Waals surface area (Å²) in [7, 11) is 0. The number of nitrogens with zero attached hydrogens (tertiary/aromatic N) is 3. The Morgan fingerprint density at radius 2 is 2.36 bits per heavy atom. The first-order valence-corrected chi connectivity index (χ1v) is 2.95. The van der Waals surface area contributed by atoms with E-state index in [1.807, 2.05) is 6.07 Å². The van der Waals surface area contributed by atoms with Crippen LogP contribution in [0.15, 0.2) is 9.98 Å². The zero-order chi connectivity index (χ0) is 8.48. The van der Waals surface area contributed by atoms with Gasteiger partial charge in [-0.05, 0) is 6.92 Å². The van der Waals surface area contributed by atoms with Crippen molar-refractivity contribution in [3.63, 3.8) is 0 Å². The fourth-order valence-corrected chi connectivity index (χ4v) is 0.781. The van der Waals surface area contributed by atoms with Crippen LogP contribution in [0, 0.1) is 23.7 Å². The van der Waals surface area contributed by atoms with Crippen LogP contribution < -0.4 is 5.73 Å². The van der Waals surface area contributed by atoms with Gasteiger partial charge < -0.3 is 5.73 Å². The SMILES string of the molecule is C#CC1=NC(N)=NC1(C)C#N. The second kappa shape index (κ2) is 2.10. The molecule has 4 heteroatoms. The predicted octanol–water partition coefficient (Wildman–Crippen LogP) is -0.329. The van der Waals surface area contributed by atoms with Crippen molar-refractivity contribution in [2.45, 2.75) is 12.5 Å². The van der Waals surface area contributed by atoms with Crippen molar-refractivity contribution in [2.75, 3.05) is 0 Å². The lowest BCUT2D eigenvalue weighted by atomic mass is 10.0. The lowest BCUT2D eigenvalue weighted by molar-refractivity contribution is 0.822. The molecule has 0 spiro atoms. The second-order valence-corrected chi connectivity index (χ2v) is 2.26. The van der Waals surface area contributed by atoms with E-state index in [9.17, 15) is 0 Å². The summed E-state index contributed by atoms with van der Waals surface area (Å²) in [6.45, 7) is 1.57. The Labute approximate surface area is 64.4 Å². The summed E-state index contributed by atoms with van der Waals surface area (Å²) < 4.78 is 0. The van der Waals surface area contributed by atoms with Crippen LogP contribution in [0.5, 0.6) is 0 Å². The molecular weight excluding hydrogens is 140 g/mol. The first-order chi connectivity index (χ1) is 5.12. The Bertz CT molecular complexity index is 325. The molecular formula is C7H6N4. The highest BCUT2D eigenvalue weighted by Gasteiger charge is 2.33. The van der Waals surface area contributed by atoms with Gasteiger partial charge in [0.15, 0.2) is 5.54 Å². The van der Waals surface area contributed by atoms with E-state index in [2.05, 4.69) is 15.9 Å². The van der Waals surface area contributed by atoms with E-state index >= 15 is 0 Å². The fraction of sp³-hybridized carbons (Fsp3) is 0.286. The van der Waals surface area contributed by atoms with Gasteiger partial charge in [-0.1, -0.05) is 5.92 Å². The third-order valence-electron chi connectivity index (χ3n) is 1.38. The van der Waals surface area contributed by atoms with Gasteiger partial charge in [0.25, 0.3) is 0 Å². The monoisotopic (exact) mass is 146 g/mol. The molecule has 1 aliphatic rings. The van der Waals surface area contributed by atoms with Crippen molar-refractivity contribution in [1.29, 1.82) is 5.26 Å². The first-order valence-electron chi connectivity index (χ1n) is 2.95. The largest absolute Gasteiger partial charge is 0.368 e. The molecule has 0 amide bonds. The van der Waals surface area contributed by atoms with E-state index in [4.69, 9.17) is 17.4 Å². The van der Waals surface area contributed by atoms with Crippen LogP contribution in [0.2, 0.25) is 0 Å². The molecule has 1 atom stereocenters. The van der Waals surface area contributed by atoms with E-state index in [0.717, 1.165) is 0 Å². The number of nitrogens with two attached hydrogens (primary N) is 1. The second-order valence-electron chi connectivity index (χ2n) is 2.26. The maximum atomic E-state index is 8.66. The van der Waals surface area contributed by atoms with Gasteiger partial charge in [-0.2, -0.15) is 5.26 Å². The van der Waals surface area contributed by atoms with Crippen molar-refractivity contribution in [1.82, 2.24) is 0 Å². The predicted molar refractivity (Wildman–Crippen MR) is 41.9 cm³/mol. The molecule has 4 nitrogen and oxygen atoms in total. The molecule has 0 fully saturated rings. The van der Waals surface area contributed by atoms with Crippen LogP contribution in [0.3, 0.4) is 0 Å². The number of aliphatic imine (C=N–C) groups is 2. The van der Waals surface area contributed by atoms with Gasteiger partial charge in [-0.25, -0.2) is 9.98 Å². The highest BCUT2D eigenvalue weighted by atomic mass is 15.1.